The third-order valence-electron chi connectivity index (χ3n) is 3.71. The van der Waals surface area contributed by atoms with Crippen molar-refractivity contribution in [1.29, 1.82) is 0 Å². The number of nitrogens with one attached hydrogen (secondary N) is 1. The average Bonchev–Trinajstić information content (AvgIpc) is 2.60. The van der Waals surface area contributed by atoms with Crippen LogP contribution in [0.15, 0.2) is 60.7 Å². The lowest BCUT2D eigenvalue weighted by molar-refractivity contribution is -0.116. The van der Waals surface area contributed by atoms with E-state index in [1.165, 1.54) is 6.08 Å². The van der Waals surface area contributed by atoms with Gasteiger partial charge in [-0.3, -0.25) is 4.79 Å². The molecule has 2 N–H and O–H groups in total. The van der Waals surface area contributed by atoms with Gasteiger partial charge in [0.15, 0.2) is 0 Å². The number of rotatable bonds is 7. The topological polar surface area (TPSA) is 58.6 Å². The van der Waals surface area contributed by atoms with E-state index in [2.05, 4.69) is 5.32 Å². The van der Waals surface area contributed by atoms with Gasteiger partial charge in [0, 0.05) is 24.6 Å². The highest BCUT2D eigenvalue weighted by molar-refractivity contribution is 5.95. The lowest BCUT2D eigenvalue weighted by Gasteiger charge is -2.12. The van der Waals surface area contributed by atoms with Crippen molar-refractivity contribution in [3.63, 3.8) is 0 Å². The Morgan fingerprint density at radius 1 is 1.17 bits per heavy atom. The van der Waals surface area contributed by atoms with Crippen molar-refractivity contribution >= 4 is 11.5 Å². The number of aliphatic hydroxyl groups excluding tert-OH is 1. The lowest BCUT2D eigenvalue weighted by atomic mass is 10.1. The molecule has 0 aromatic heterocycles. The molecule has 1 unspecified atom stereocenters. The monoisotopic (exact) mass is 325 g/mol. The van der Waals surface area contributed by atoms with Crippen LogP contribution in [-0.2, 0) is 11.2 Å². The fraction of sp³-hybridized carbons (Fsp3) is 0.250. The summed E-state index contributed by atoms with van der Waals surface area (Å²) in [6.45, 7) is 2.07. The Hall–Kier alpha value is -2.59. The van der Waals surface area contributed by atoms with Crippen molar-refractivity contribution in [3.05, 3.63) is 71.8 Å². The molecule has 0 aliphatic rings. The number of carbonyl (C=O) groups excluding carboxylic acids is 1. The minimum absolute atomic E-state index is 0.212. The van der Waals surface area contributed by atoms with Gasteiger partial charge in [0.1, 0.15) is 5.75 Å². The van der Waals surface area contributed by atoms with Gasteiger partial charge >= 0.3 is 0 Å². The Kier molecular flexibility index (Phi) is 6.58. The van der Waals surface area contributed by atoms with Crippen LogP contribution in [0.3, 0.4) is 0 Å². The van der Waals surface area contributed by atoms with Crippen molar-refractivity contribution < 1.29 is 14.6 Å². The first kappa shape index (κ1) is 17.8. The maximum Gasteiger partial charge on any atom is 0.244 e. The minimum Gasteiger partial charge on any atom is -0.496 e. The maximum atomic E-state index is 12.0. The molecule has 0 radical (unpaired) electrons. The molecule has 2 aromatic carbocycles. The summed E-state index contributed by atoms with van der Waals surface area (Å²) < 4.78 is 5.30. The zero-order valence-corrected chi connectivity index (χ0v) is 14.0. The van der Waals surface area contributed by atoms with Crippen molar-refractivity contribution in [2.24, 2.45) is 0 Å². The Balaban J connectivity index is 1.90. The average molecular weight is 325 g/mol. The van der Waals surface area contributed by atoms with Crippen LogP contribution in [0.5, 0.6) is 5.75 Å². The smallest absolute Gasteiger partial charge is 0.244 e. The van der Waals surface area contributed by atoms with Gasteiger partial charge in [-0.2, -0.15) is 0 Å². The molecule has 1 atom stereocenters. The van der Waals surface area contributed by atoms with E-state index in [4.69, 9.17) is 4.74 Å². The van der Waals surface area contributed by atoms with Crippen LogP contribution in [-0.4, -0.2) is 30.8 Å². The van der Waals surface area contributed by atoms with E-state index in [0.717, 1.165) is 22.4 Å². The van der Waals surface area contributed by atoms with Crippen LogP contribution >= 0.6 is 0 Å². The normalized spacial score (nSPS) is 12.5. The molecule has 0 aliphatic carbocycles. The van der Waals surface area contributed by atoms with Gasteiger partial charge < -0.3 is 15.2 Å². The van der Waals surface area contributed by atoms with Crippen LogP contribution in [0, 0.1) is 0 Å². The van der Waals surface area contributed by atoms with E-state index in [-0.39, 0.29) is 12.5 Å². The summed E-state index contributed by atoms with van der Waals surface area (Å²) in [4.78, 5) is 12.0. The highest BCUT2D eigenvalue weighted by Gasteiger charge is 2.09. The summed E-state index contributed by atoms with van der Waals surface area (Å²) in [7, 11) is 1.60. The number of benzene rings is 2. The number of methoxy groups -OCH3 is 1. The second-order valence-corrected chi connectivity index (χ2v) is 5.62. The zero-order chi connectivity index (χ0) is 17.4. The minimum atomic E-state index is -0.615. The first-order valence-electron chi connectivity index (χ1n) is 7.91. The molecule has 2 rings (SSSR count). The van der Waals surface area contributed by atoms with Crippen LogP contribution in [0.2, 0.25) is 0 Å². The molecule has 4 heteroatoms. The number of allylic oxidation sites excluding steroid dienone is 1. The number of carbonyl (C=O) groups is 1. The van der Waals surface area contributed by atoms with Crippen molar-refractivity contribution in [3.8, 4) is 5.75 Å². The summed E-state index contributed by atoms with van der Waals surface area (Å²) in [6.07, 6.45) is 1.42. The van der Waals surface area contributed by atoms with Gasteiger partial charge in [0.25, 0.3) is 0 Å². The standard InChI is InChI=1S/C20H23NO3/c1-15(18-10-6-7-11-19(18)24-2)12-20(23)21-14-17(22)13-16-8-4-3-5-9-16/h3-12,17,22H,13-14H2,1-2H3,(H,21,23). The molecule has 0 bridgehead atoms. The predicted octanol–water partition coefficient (Wildman–Crippen LogP) is 2.82. The molecule has 1 amide bonds. The van der Waals surface area contributed by atoms with E-state index < -0.39 is 6.10 Å². The number of para-hydroxylation sites is 1. The van der Waals surface area contributed by atoms with Gasteiger partial charge in [-0.15, -0.1) is 0 Å². The Morgan fingerprint density at radius 3 is 2.54 bits per heavy atom. The van der Waals surface area contributed by atoms with Crippen molar-refractivity contribution in [1.82, 2.24) is 5.32 Å². The van der Waals surface area contributed by atoms with Gasteiger partial charge in [-0.05, 0) is 24.1 Å². The van der Waals surface area contributed by atoms with Crippen LogP contribution in [0.1, 0.15) is 18.1 Å². The predicted molar refractivity (Wildman–Crippen MR) is 95.8 cm³/mol. The lowest BCUT2D eigenvalue weighted by Crippen LogP contribution is -2.32. The molecule has 0 saturated heterocycles. The summed E-state index contributed by atoms with van der Waals surface area (Å²) in [5.41, 5.74) is 2.72. The van der Waals surface area contributed by atoms with Crippen molar-refractivity contribution in [2.75, 3.05) is 13.7 Å². The number of aliphatic hydroxyl groups is 1. The number of hydrogen-bond donors (Lipinski definition) is 2. The first-order chi connectivity index (χ1) is 11.6. The molecular weight excluding hydrogens is 302 g/mol. The molecule has 4 nitrogen and oxygen atoms in total. The van der Waals surface area contributed by atoms with Gasteiger partial charge in [0.05, 0.1) is 13.2 Å². The molecule has 0 fully saturated rings. The molecule has 0 heterocycles. The third-order valence-corrected chi connectivity index (χ3v) is 3.71. The highest BCUT2D eigenvalue weighted by Crippen LogP contribution is 2.24. The summed E-state index contributed by atoms with van der Waals surface area (Å²) >= 11 is 0. The second kappa shape index (κ2) is 8.89. The van der Waals surface area contributed by atoms with Crippen molar-refractivity contribution in [2.45, 2.75) is 19.4 Å². The number of hydrogen-bond acceptors (Lipinski definition) is 3. The van der Waals surface area contributed by atoms with Crippen LogP contribution < -0.4 is 10.1 Å². The molecular formula is C20H23NO3. The van der Waals surface area contributed by atoms with E-state index in [9.17, 15) is 9.90 Å². The Labute approximate surface area is 142 Å². The molecule has 126 valence electrons. The van der Waals surface area contributed by atoms with E-state index in [1.54, 1.807) is 7.11 Å². The zero-order valence-electron chi connectivity index (χ0n) is 14.0. The second-order valence-electron chi connectivity index (χ2n) is 5.62. The fourth-order valence-electron chi connectivity index (χ4n) is 2.47. The SMILES string of the molecule is COc1ccccc1C(C)=CC(=O)NCC(O)Cc1ccccc1. The molecule has 2 aromatic rings. The van der Waals surface area contributed by atoms with E-state index in [0.29, 0.717) is 6.42 Å². The molecule has 24 heavy (non-hydrogen) atoms. The van der Waals surface area contributed by atoms with Gasteiger partial charge in [-0.25, -0.2) is 0 Å². The molecule has 0 saturated carbocycles. The largest absolute Gasteiger partial charge is 0.496 e. The fourth-order valence-corrected chi connectivity index (χ4v) is 2.47. The van der Waals surface area contributed by atoms with Gasteiger partial charge in [-0.1, -0.05) is 48.5 Å². The van der Waals surface area contributed by atoms with E-state index >= 15 is 0 Å². The summed E-state index contributed by atoms with van der Waals surface area (Å²) in [6, 6.07) is 17.2. The third kappa shape index (κ3) is 5.25. The van der Waals surface area contributed by atoms with Gasteiger partial charge in [0.2, 0.25) is 5.91 Å². The molecule has 0 spiro atoms. The first-order valence-corrected chi connectivity index (χ1v) is 7.91. The summed E-state index contributed by atoms with van der Waals surface area (Å²) in [5.74, 6) is 0.494. The highest BCUT2D eigenvalue weighted by atomic mass is 16.5. The maximum absolute atomic E-state index is 12.0. The molecule has 0 aliphatic heterocycles. The van der Waals surface area contributed by atoms with Crippen LogP contribution in [0.4, 0.5) is 0 Å². The summed E-state index contributed by atoms with van der Waals surface area (Å²) in [5, 5.41) is 12.8. The van der Waals surface area contributed by atoms with Crippen LogP contribution in [0.25, 0.3) is 5.57 Å². The number of ether oxygens (including phenoxy) is 1. The Morgan fingerprint density at radius 2 is 1.83 bits per heavy atom. The Bertz CT molecular complexity index is 695. The van der Waals surface area contributed by atoms with E-state index in [1.807, 2.05) is 61.5 Å². The quantitative estimate of drug-likeness (QED) is 0.770. The number of amides is 1.